The van der Waals surface area contributed by atoms with Gasteiger partial charge in [-0.05, 0) is 64.2 Å². The average Bonchev–Trinajstić information content (AvgIpc) is 3.15. The Morgan fingerprint density at radius 3 is 1.57 bits per heavy atom. The monoisotopic (exact) mass is 746 g/mol. The molecule has 0 spiro atoms. The first-order valence-corrected chi connectivity index (χ1v) is 22.7. The molecular weight excluding hydrogens is 659 g/mol. The molecule has 0 aromatic heterocycles. The largest absolute Gasteiger partial charge is 0.462 e. The summed E-state index contributed by atoms with van der Waals surface area (Å²) < 4.78 is 5.86. The lowest BCUT2D eigenvalue weighted by Crippen LogP contribution is -2.46. The molecule has 0 aliphatic heterocycles. The number of carbonyl (C=O) groups is 2. The first kappa shape index (κ1) is 51.1. The third-order valence-electron chi connectivity index (χ3n) is 10.2. The van der Waals surface area contributed by atoms with E-state index in [1.54, 1.807) is 0 Å². The van der Waals surface area contributed by atoms with E-state index in [4.69, 9.17) is 4.74 Å². The van der Waals surface area contributed by atoms with Gasteiger partial charge >= 0.3 is 5.97 Å². The van der Waals surface area contributed by atoms with E-state index in [0.29, 0.717) is 19.3 Å². The van der Waals surface area contributed by atoms with Gasteiger partial charge in [-0.15, -0.1) is 0 Å². The fourth-order valence-electron chi connectivity index (χ4n) is 6.72. The fraction of sp³-hybridized carbons (Fsp3) is 0.830. The van der Waals surface area contributed by atoms with E-state index in [0.717, 1.165) is 70.6 Å². The maximum absolute atomic E-state index is 13.1. The number of rotatable bonds is 40. The van der Waals surface area contributed by atoms with Crippen molar-refractivity contribution < 1.29 is 24.5 Å². The summed E-state index contributed by atoms with van der Waals surface area (Å²) >= 11 is 0. The lowest BCUT2D eigenvalue weighted by atomic mass is 10.0. The molecule has 6 heteroatoms. The molecule has 0 aromatic carbocycles. The Morgan fingerprint density at radius 2 is 1.02 bits per heavy atom. The molecule has 0 heterocycles. The highest BCUT2D eigenvalue weighted by Crippen LogP contribution is 2.16. The van der Waals surface area contributed by atoms with E-state index in [9.17, 15) is 19.8 Å². The summed E-state index contributed by atoms with van der Waals surface area (Å²) in [4.78, 5) is 25.9. The molecule has 0 aliphatic carbocycles. The molecule has 0 saturated carbocycles. The predicted molar refractivity (Wildman–Crippen MR) is 227 cm³/mol. The van der Waals surface area contributed by atoms with E-state index in [1.807, 2.05) is 0 Å². The molecule has 0 fully saturated rings. The van der Waals surface area contributed by atoms with Crippen molar-refractivity contribution in [3.05, 3.63) is 36.5 Å². The lowest BCUT2D eigenvalue weighted by Gasteiger charge is -2.24. The van der Waals surface area contributed by atoms with Crippen LogP contribution in [0.2, 0.25) is 0 Å². The average molecular weight is 746 g/mol. The first-order chi connectivity index (χ1) is 26.0. The van der Waals surface area contributed by atoms with Crippen molar-refractivity contribution in [2.45, 2.75) is 244 Å². The van der Waals surface area contributed by atoms with Gasteiger partial charge in [-0.25, -0.2) is 0 Å². The van der Waals surface area contributed by atoms with Crippen LogP contribution in [0.25, 0.3) is 0 Å². The molecule has 0 aliphatic rings. The van der Waals surface area contributed by atoms with Gasteiger partial charge in [0, 0.05) is 6.42 Å². The third-order valence-corrected chi connectivity index (χ3v) is 10.2. The quantitative estimate of drug-likeness (QED) is 0.0251. The topological polar surface area (TPSA) is 95.9 Å². The van der Waals surface area contributed by atoms with Crippen LogP contribution in [0.4, 0.5) is 0 Å². The number of hydrogen-bond acceptors (Lipinski definition) is 5. The van der Waals surface area contributed by atoms with Crippen LogP contribution >= 0.6 is 0 Å². The van der Waals surface area contributed by atoms with Crippen LogP contribution in [-0.2, 0) is 14.3 Å². The Kier molecular flexibility index (Phi) is 39.8. The zero-order valence-corrected chi connectivity index (χ0v) is 35.1. The fourth-order valence-corrected chi connectivity index (χ4v) is 6.72. The van der Waals surface area contributed by atoms with Crippen LogP contribution in [0.5, 0.6) is 0 Å². The molecule has 0 saturated heterocycles. The number of unbranched alkanes of at least 4 members (excludes halogenated alkanes) is 23. The van der Waals surface area contributed by atoms with Crippen molar-refractivity contribution >= 4 is 11.9 Å². The Labute approximate surface area is 328 Å². The van der Waals surface area contributed by atoms with Crippen LogP contribution in [0.3, 0.4) is 0 Å². The number of amides is 1. The second-order valence-corrected chi connectivity index (χ2v) is 15.5. The van der Waals surface area contributed by atoms with E-state index in [-0.39, 0.29) is 24.9 Å². The standard InChI is InChI=1S/C47H87NO5/c1-4-7-10-13-16-19-22-23-24-25-26-29-32-35-38-43(53-47(52)40-37-34-31-28-21-18-15-12-9-6-3)41-46(51)48-44(42-49)45(50)39-36-33-30-27-20-17-14-11-8-5-2/h12,15,24-26,29,43-45,49-50H,4-11,13-14,16-23,27-28,30-42H2,1-3H3,(H,48,51)/b15-12-,25-24+,29-26+. The second-order valence-electron chi connectivity index (χ2n) is 15.5. The Hall–Kier alpha value is -1.92. The molecule has 0 radical (unpaired) electrons. The van der Waals surface area contributed by atoms with Gasteiger partial charge in [-0.1, -0.05) is 186 Å². The minimum atomic E-state index is -0.796. The summed E-state index contributed by atoms with van der Waals surface area (Å²) in [6, 6.07) is -0.713. The van der Waals surface area contributed by atoms with Gasteiger partial charge in [0.2, 0.25) is 5.91 Å². The molecule has 0 aromatic rings. The number of carbonyl (C=O) groups excluding carboxylic acids is 2. The van der Waals surface area contributed by atoms with Crippen LogP contribution in [0.1, 0.15) is 226 Å². The van der Waals surface area contributed by atoms with E-state index in [1.165, 1.54) is 109 Å². The maximum Gasteiger partial charge on any atom is 0.306 e. The zero-order chi connectivity index (χ0) is 38.9. The summed E-state index contributed by atoms with van der Waals surface area (Å²) in [5.74, 6) is -0.533. The molecule has 0 rings (SSSR count). The van der Waals surface area contributed by atoms with Gasteiger partial charge in [-0.2, -0.15) is 0 Å². The first-order valence-electron chi connectivity index (χ1n) is 22.7. The van der Waals surface area contributed by atoms with Gasteiger partial charge in [0.15, 0.2) is 0 Å². The van der Waals surface area contributed by atoms with Crippen LogP contribution in [0, 0.1) is 0 Å². The summed E-state index contributed by atoms with van der Waals surface area (Å²) in [6.45, 7) is 6.38. The molecule has 1 amide bonds. The predicted octanol–water partition coefficient (Wildman–Crippen LogP) is 12.9. The summed E-state index contributed by atoms with van der Waals surface area (Å²) in [5, 5.41) is 23.6. The Morgan fingerprint density at radius 1 is 0.547 bits per heavy atom. The smallest absolute Gasteiger partial charge is 0.306 e. The summed E-state index contributed by atoms with van der Waals surface area (Å²) in [5.41, 5.74) is 0. The molecule has 3 unspecified atom stereocenters. The summed E-state index contributed by atoms with van der Waals surface area (Å²) in [6.07, 6.45) is 46.4. The van der Waals surface area contributed by atoms with Crippen molar-refractivity contribution in [3.8, 4) is 0 Å². The number of hydrogen-bond donors (Lipinski definition) is 3. The van der Waals surface area contributed by atoms with Crippen LogP contribution in [-0.4, -0.2) is 46.9 Å². The minimum Gasteiger partial charge on any atom is -0.462 e. The van der Waals surface area contributed by atoms with Gasteiger partial charge in [-0.3, -0.25) is 9.59 Å². The van der Waals surface area contributed by atoms with Gasteiger partial charge in [0.1, 0.15) is 6.10 Å². The summed E-state index contributed by atoms with van der Waals surface area (Å²) in [7, 11) is 0. The highest BCUT2D eigenvalue weighted by atomic mass is 16.5. The number of allylic oxidation sites excluding steroid dienone is 6. The molecule has 3 atom stereocenters. The number of nitrogens with one attached hydrogen (secondary N) is 1. The highest BCUT2D eigenvalue weighted by Gasteiger charge is 2.24. The van der Waals surface area contributed by atoms with Crippen molar-refractivity contribution in [1.29, 1.82) is 0 Å². The molecule has 53 heavy (non-hydrogen) atoms. The van der Waals surface area contributed by atoms with Gasteiger partial charge in [0.25, 0.3) is 0 Å². The van der Waals surface area contributed by atoms with E-state index < -0.39 is 18.2 Å². The van der Waals surface area contributed by atoms with E-state index >= 15 is 0 Å². The number of aliphatic hydroxyl groups excluding tert-OH is 2. The molecule has 6 nitrogen and oxygen atoms in total. The molecule has 0 bridgehead atoms. The zero-order valence-electron chi connectivity index (χ0n) is 35.1. The van der Waals surface area contributed by atoms with Gasteiger partial charge < -0.3 is 20.3 Å². The van der Waals surface area contributed by atoms with Crippen LogP contribution in [0.15, 0.2) is 36.5 Å². The van der Waals surface area contributed by atoms with Crippen molar-refractivity contribution in [2.24, 2.45) is 0 Å². The van der Waals surface area contributed by atoms with Crippen LogP contribution < -0.4 is 5.32 Å². The number of esters is 1. The Bertz CT molecular complexity index is 884. The van der Waals surface area contributed by atoms with Crippen molar-refractivity contribution in [3.63, 3.8) is 0 Å². The van der Waals surface area contributed by atoms with Crippen molar-refractivity contribution in [1.82, 2.24) is 5.32 Å². The van der Waals surface area contributed by atoms with Gasteiger partial charge in [0.05, 0.1) is 25.2 Å². The number of ether oxygens (including phenoxy) is 1. The number of aliphatic hydroxyl groups is 2. The molecular formula is C47H87NO5. The third kappa shape index (κ3) is 36.8. The van der Waals surface area contributed by atoms with Crippen molar-refractivity contribution in [2.75, 3.05) is 6.61 Å². The SMILES string of the molecule is CCC/C=C\CCCCCCCC(=O)OC(CCC/C=C/C=C/CCCCCCCCC)CC(=O)NC(CO)C(O)CCCCCCCCCCCC. The second kappa shape index (κ2) is 41.2. The molecule has 310 valence electrons. The Balaban J connectivity index is 4.69. The lowest BCUT2D eigenvalue weighted by molar-refractivity contribution is -0.151. The van der Waals surface area contributed by atoms with E-state index in [2.05, 4.69) is 62.5 Å². The minimum absolute atomic E-state index is 0.0425. The normalized spacial score (nSPS) is 13.7. The maximum atomic E-state index is 13.1. The highest BCUT2D eigenvalue weighted by molar-refractivity contribution is 5.77. The molecule has 3 N–H and O–H groups in total.